The molecule has 0 fully saturated rings. The molecule has 0 aromatic heterocycles. The van der Waals surface area contributed by atoms with Crippen molar-refractivity contribution < 1.29 is 22.4 Å². The minimum atomic E-state index is -4.24. The lowest BCUT2D eigenvalue weighted by atomic mass is 10.0. The van der Waals surface area contributed by atoms with Crippen molar-refractivity contribution in [1.29, 1.82) is 0 Å². The zero-order valence-corrected chi connectivity index (χ0v) is 26.2. The molecule has 4 rings (SSSR count). The minimum Gasteiger partial charge on any atom is -0.354 e. The molecule has 4 aromatic rings. The van der Waals surface area contributed by atoms with Crippen LogP contribution in [0.5, 0.6) is 0 Å². The highest BCUT2D eigenvalue weighted by Crippen LogP contribution is 2.27. The number of anilines is 1. The van der Waals surface area contributed by atoms with Gasteiger partial charge in [-0.3, -0.25) is 13.9 Å². The van der Waals surface area contributed by atoms with Gasteiger partial charge in [-0.2, -0.15) is 0 Å². The van der Waals surface area contributed by atoms with Gasteiger partial charge in [-0.15, -0.1) is 0 Å². The van der Waals surface area contributed by atoms with Crippen LogP contribution in [0.2, 0.25) is 5.02 Å². The fourth-order valence-electron chi connectivity index (χ4n) is 4.70. The second kappa shape index (κ2) is 15.0. The molecule has 44 heavy (non-hydrogen) atoms. The van der Waals surface area contributed by atoms with Gasteiger partial charge in [0.25, 0.3) is 10.0 Å². The molecule has 7 nitrogen and oxygen atoms in total. The second-order valence-corrected chi connectivity index (χ2v) is 12.7. The number of benzene rings is 4. The SMILES string of the molecule is CCCNC(=O)[C@H](Cc1ccccc1)N(Cc1ccccc1F)C(=O)CN(c1ccc(Cl)cc1)S(=O)(=O)c1ccc(C)cc1. The van der Waals surface area contributed by atoms with Crippen molar-refractivity contribution in [3.63, 3.8) is 0 Å². The van der Waals surface area contributed by atoms with Gasteiger partial charge in [-0.05, 0) is 61.4 Å². The number of hydrogen-bond acceptors (Lipinski definition) is 4. The molecule has 0 saturated heterocycles. The molecule has 1 atom stereocenters. The number of halogens is 2. The quantitative estimate of drug-likeness (QED) is 0.191. The molecular weight excluding hydrogens is 601 g/mol. The van der Waals surface area contributed by atoms with Crippen molar-refractivity contribution in [2.24, 2.45) is 0 Å². The lowest BCUT2D eigenvalue weighted by Crippen LogP contribution is -2.53. The Morgan fingerprint density at radius 2 is 1.52 bits per heavy atom. The summed E-state index contributed by atoms with van der Waals surface area (Å²) in [5, 5.41) is 3.26. The van der Waals surface area contributed by atoms with Crippen LogP contribution in [-0.2, 0) is 32.6 Å². The fraction of sp³-hybridized carbons (Fsp3) is 0.235. The van der Waals surface area contributed by atoms with Gasteiger partial charge in [-0.25, -0.2) is 12.8 Å². The van der Waals surface area contributed by atoms with Crippen LogP contribution >= 0.6 is 11.6 Å². The lowest BCUT2D eigenvalue weighted by molar-refractivity contribution is -0.140. The van der Waals surface area contributed by atoms with Crippen molar-refractivity contribution in [2.45, 2.75) is 44.2 Å². The monoisotopic (exact) mass is 635 g/mol. The van der Waals surface area contributed by atoms with E-state index in [1.165, 1.54) is 53.4 Å². The molecular formula is C34H35ClFN3O4S. The maximum atomic E-state index is 15.0. The van der Waals surface area contributed by atoms with Crippen LogP contribution in [0, 0.1) is 12.7 Å². The number of amides is 2. The third-order valence-corrected chi connectivity index (χ3v) is 9.16. The van der Waals surface area contributed by atoms with Gasteiger partial charge in [0, 0.05) is 30.1 Å². The van der Waals surface area contributed by atoms with Gasteiger partial charge in [-0.1, -0.05) is 84.8 Å². The molecule has 0 unspecified atom stereocenters. The normalized spacial score (nSPS) is 11.9. The van der Waals surface area contributed by atoms with E-state index < -0.39 is 40.2 Å². The smallest absolute Gasteiger partial charge is 0.264 e. The van der Waals surface area contributed by atoms with Crippen LogP contribution in [0.1, 0.15) is 30.0 Å². The molecule has 1 N–H and O–H groups in total. The maximum Gasteiger partial charge on any atom is 0.264 e. The second-order valence-electron chi connectivity index (χ2n) is 10.4. The van der Waals surface area contributed by atoms with Gasteiger partial charge in [0.2, 0.25) is 11.8 Å². The first-order valence-electron chi connectivity index (χ1n) is 14.3. The molecule has 4 aromatic carbocycles. The van der Waals surface area contributed by atoms with Gasteiger partial charge < -0.3 is 10.2 Å². The summed E-state index contributed by atoms with van der Waals surface area (Å²) in [5.41, 5.74) is 2.07. The molecule has 230 valence electrons. The molecule has 0 bridgehead atoms. The highest BCUT2D eigenvalue weighted by Gasteiger charge is 2.35. The first kappa shape index (κ1) is 32.7. The molecule has 10 heteroatoms. The topological polar surface area (TPSA) is 86.8 Å². The van der Waals surface area contributed by atoms with Crippen molar-refractivity contribution >= 4 is 39.1 Å². The predicted octanol–water partition coefficient (Wildman–Crippen LogP) is 6.15. The highest BCUT2D eigenvalue weighted by molar-refractivity contribution is 7.92. The Morgan fingerprint density at radius 1 is 0.886 bits per heavy atom. The first-order valence-corrected chi connectivity index (χ1v) is 16.1. The molecule has 0 aliphatic carbocycles. The first-order chi connectivity index (χ1) is 21.1. The molecule has 0 radical (unpaired) electrons. The van der Waals surface area contributed by atoms with Gasteiger partial charge in [0.05, 0.1) is 10.6 Å². The lowest BCUT2D eigenvalue weighted by Gasteiger charge is -2.34. The maximum absolute atomic E-state index is 15.0. The number of sulfonamides is 1. The molecule has 0 aliphatic heterocycles. The van der Waals surface area contributed by atoms with Gasteiger partial charge >= 0.3 is 0 Å². The van der Waals surface area contributed by atoms with E-state index >= 15 is 0 Å². The summed E-state index contributed by atoms with van der Waals surface area (Å²) >= 11 is 6.10. The number of carbonyl (C=O) groups is 2. The van der Waals surface area contributed by atoms with Crippen LogP contribution in [0.15, 0.2) is 108 Å². The molecule has 0 aliphatic rings. The molecule has 0 heterocycles. The Morgan fingerprint density at radius 3 is 2.16 bits per heavy atom. The van der Waals surface area contributed by atoms with Crippen molar-refractivity contribution in [3.05, 3.63) is 131 Å². The molecule has 0 spiro atoms. The Hall–Kier alpha value is -4.21. The van der Waals surface area contributed by atoms with E-state index in [1.807, 2.05) is 44.2 Å². The van der Waals surface area contributed by atoms with E-state index in [9.17, 15) is 22.4 Å². The zero-order valence-electron chi connectivity index (χ0n) is 24.6. The third-order valence-electron chi connectivity index (χ3n) is 7.12. The summed E-state index contributed by atoms with van der Waals surface area (Å²) < 4.78 is 44.0. The van der Waals surface area contributed by atoms with Gasteiger partial charge in [0.15, 0.2) is 0 Å². The average Bonchev–Trinajstić information content (AvgIpc) is 3.02. The van der Waals surface area contributed by atoms with Crippen LogP contribution in [0.4, 0.5) is 10.1 Å². The summed E-state index contributed by atoms with van der Waals surface area (Å²) in [5.74, 6) is -1.63. The van der Waals surface area contributed by atoms with Crippen LogP contribution in [-0.4, -0.2) is 44.3 Å². The van der Waals surface area contributed by atoms with E-state index in [0.717, 1.165) is 15.4 Å². The highest BCUT2D eigenvalue weighted by atomic mass is 35.5. The Balaban J connectivity index is 1.80. The summed E-state index contributed by atoms with van der Waals surface area (Å²) in [6.07, 6.45) is 0.812. The summed E-state index contributed by atoms with van der Waals surface area (Å²) in [6, 6.07) is 26.5. The van der Waals surface area contributed by atoms with E-state index in [0.29, 0.717) is 18.0 Å². The standard InChI is InChI=1S/C34H35ClFN3O4S/c1-3-21-37-34(41)32(22-26-9-5-4-6-10-26)38(23-27-11-7-8-12-31(27)36)33(40)24-39(29-17-15-28(35)16-18-29)44(42,43)30-19-13-25(2)14-20-30/h4-20,32H,3,21-24H2,1-2H3,(H,37,41)/t32-/m0/s1. The Bertz CT molecular complexity index is 1670. The zero-order chi connectivity index (χ0) is 31.7. The number of nitrogens with zero attached hydrogens (tertiary/aromatic N) is 2. The summed E-state index contributed by atoms with van der Waals surface area (Å²) in [6.45, 7) is 3.24. The number of carbonyl (C=O) groups excluding carboxylic acids is 2. The number of rotatable bonds is 13. The third kappa shape index (κ3) is 8.24. The molecule has 2 amide bonds. The van der Waals surface area contributed by atoms with E-state index in [-0.39, 0.29) is 29.1 Å². The molecule has 0 saturated carbocycles. The van der Waals surface area contributed by atoms with Crippen LogP contribution in [0.25, 0.3) is 0 Å². The predicted molar refractivity (Wildman–Crippen MR) is 171 cm³/mol. The number of hydrogen-bond donors (Lipinski definition) is 1. The van der Waals surface area contributed by atoms with Crippen molar-refractivity contribution in [3.8, 4) is 0 Å². The largest absolute Gasteiger partial charge is 0.354 e. The Labute approximate surface area is 263 Å². The summed E-state index contributed by atoms with van der Waals surface area (Å²) in [4.78, 5) is 29.2. The van der Waals surface area contributed by atoms with Crippen molar-refractivity contribution in [2.75, 3.05) is 17.4 Å². The minimum absolute atomic E-state index is 0.00646. The Kier molecular flexibility index (Phi) is 11.1. The van der Waals surface area contributed by atoms with E-state index in [2.05, 4.69) is 5.32 Å². The van der Waals surface area contributed by atoms with Crippen LogP contribution < -0.4 is 9.62 Å². The van der Waals surface area contributed by atoms with E-state index in [1.54, 1.807) is 24.3 Å². The fourth-order valence-corrected chi connectivity index (χ4v) is 6.24. The number of nitrogens with one attached hydrogen (secondary N) is 1. The summed E-state index contributed by atoms with van der Waals surface area (Å²) in [7, 11) is -4.24. The van der Waals surface area contributed by atoms with Crippen molar-refractivity contribution in [1.82, 2.24) is 10.2 Å². The van der Waals surface area contributed by atoms with E-state index in [4.69, 9.17) is 11.6 Å². The average molecular weight is 636 g/mol. The van der Waals surface area contributed by atoms with Crippen LogP contribution in [0.3, 0.4) is 0 Å². The number of aryl methyl sites for hydroxylation is 1. The van der Waals surface area contributed by atoms with Gasteiger partial charge in [0.1, 0.15) is 18.4 Å².